The van der Waals surface area contributed by atoms with E-state index in [-0.39, 0.29) is 9.65 Å². The highest BCUT2D eigenvalue weighted by atomic mass is 79.9. The normalized spacial score (nSPS) is 26.1. The Balaban J connectivity index is 1.60. The highest BCUT2D eigenvalue weighted by molar-refractivity contribution is 9.09. The number of benzene rings is 2. The second kappa shape index (κ2) is 5.37. The molecule has 2 aromatic heterocycles. The molecule has 2 aliphatic rings. The molecule has 2 heterocycles. The van der Waals surface area contributed by atoms with Crippen LogP contribution in [0.3, 0.4) is 0 Å². The van der Waals surface area contributed by atoms with Gasteiger partial charge in [-0.25, -0.2) is 0 Å². The molecule has 4 heteroatoms. The van der Waals surface area contributed by atoms with Gasteiger partial charge in [-0.1, -0.05) is 68.3 Å². The molecule has 4 aromatic rings. The predicted octanol–water partition coefficient (Wildman–Crippen LogP) is 6.55. The number of rotatable bonds is 0. The van der Waals surface area contributed by atoms with Gasteiger partial charge >= 0.3 is 0 Å². The van der Waals surface area contributed by atoms with Crippen molar-refractivity contribution in [1.29, 1.82) is 0 Å². The molecule has 4 atom stereocenters. The number of halogens is 2. The minimum Gasteiger partial charge on any atom is -0.252 e. The molecular formula is C22H14Br2N2. The third-order valence-electron chi connectivity index (χ3n) is 5.81. The minimum atomic E-state index is 0.245. The van der Waals surface area contributed by atoms with E-state index in [1.165, 1.54) is 33.3 Å². The molecule has 0 fully saturated rings. The van der Waals surface area contributed by atoms with Crippen molar-refractivity contribution in [2.75, 3.05) is 0 Å². The maximum atomic E-state index is 5.06. The van der Waals surface area contributed by atoms with Crippen molar-refractivity contribution in [3.63, 3.8) is 0 Å². The molecule has 126 valence electrons. The lowest BCUT2D eigenvalue weighted by Gasteiger charge is -2.14. The maximum absolute atomic E-state index is 5.06. The van der Waals surface area contributed by atoms with E-state index in [2.05, 4.69) is 92.5 Å². The lowest BCUT2D eigenvalue weighted by Crippen LogP contribution is -2.04. The zero-order valence-electron chi connectivity index (χ0n) is 13.7. The lowest BCUT2D eigenvalue weighted by atomic mass is 9.97. The highest BCUT2D eigenvalue weighted by Crippen LogP contribution is 2.65. The fourth-order valence-corrected chi connectivity index (χ4v) is 6.53. The topological polar surface area (TPSA) is 25.8 Å². The molecule has 0 aliphatic heterocycles. The fraction of sp³-hybridized carbons (Fsp3) is 0.182. The largest absolute Gasteiger partial charge is 0.252 e. The summed E-state index contributed by atoms with van der Waals surface area (Å²) in [5.74, 6) is 0.636. The van der Waals surface area contributed by atoms with E-state index in [0.29, 0.717) is 11.8 Å². The first-order chi connectivity index (χ1) is 12.7. The van der Waals surface area contributed by atoms with Gasteiger partial charge in [0.15, 0.2) is 0 Å². The Morgan fingerprint density at radius 1 is 0.615 bits per heavy atom. The number of hydrogen-bond acceptors (Lipinski definition) is 2. The number of fused-ring (bicyclic) bond motifs is 7. The molecule has 2 aliphatic carbocycles. The van der Waals surface area contributed by atoms with E-state index >= 15 is 0 Å². The maximum Gasteiger partial charge on any atom is 0.0705 e. The van der Waals surface area contributed by atoms with Gasteiger partial charge in [-0.3, -0.25) is 9.97 Å². The van der Waals surface area contributed by atoms with Gasteiger partial charge in [0.2, 0.25) is 0 Å². The zero-order chi connectivity index (χ0) is 17.4. The third-order valence-corrected chi connectivity index (χ3v) is 7.94. The second-order valence-electron chi connectivity index (χ2n) is 7.17. The van der Waals surface area contributed by atoms with Crippen LogP contribution in [0.4, 0.5) is 0 Å². The molecule has 26 heavy (non-hydrogen) atoms. The van der Waals surface area contributed by atoms with Crippen LogP contribution in [-0.4, -0.2) is 9.97 Å². The summed E-state index contributed by atoms with van der Waals surface area (Å²) in [6, 6.07) is 21.4. The number of alkyl halides is 2. The lowest BCUT2D eigenvalue weighted by molar-refractivity contribution is 0.609. The van der Waals surface area contributed by atoms with Crippen LogP contribution in [-0.2, 0) is 0 Å². The summed E-state index contributed by atoms with van der Waals surface area (Å²) in [5.41, 5.74) is 7.17. The molecule has 0 amide bonds. The molecule has 0 saturated heterocycles. The van der Waals surface area contributed by atoms with Gasteiger partial charge in [0.1, 0.15) is 0 Å². The number of para-hydroxylation sites is 2. The Morgan fingerprint density at radius 2 is 1.04 bits per heavy atom. The van der Waals surface area contributed by atoms with Crippen LogP contribution >= 0.6 is 31.9 Å². The summed E-state index contributed by atoms with van der Waals surface area (Å²) in [4.78, 5) is 10.6. The minimum absolute atomic E-state index is 0.245. The van der Waals surface area contributed by atoms with E-state index in [4.69, 9.17) is 9.97 Å². The van der Waals surface area contributed by atoms with Crippen LogP contribution in [0, 0.1) is 0 Å². The number of hydrogen-bond donors (Lipinski definition) is 0. The van der Waals surface area contributed by atoms with Crippen molar-refractivity contribution in [3.05, 3.63) is 83.2 Å². The molecule has 0 radical (unpaired) electrons. The molecule has 2 nitrogen and oxygen atoms in total. The molecule has 2 aromatic carbocycles. The quantitative estimate of drug-likeness (QED) is 0.275. The number of nitrogens with zero attached hydrogens (tertiary/aromatic N) is 2. The Labute approximate surface area is 167 Å². The van der Waals surface area contributed by atoms with Crippen molar-refractivity contribution in [2.24, 2.45) is 0 Å². The van der Waals surface area contributed by atoms with Crippen molar-refractivity contribution >= 4 is 53.7 Å². The summed E-state index contributed by atoms with van der Waals surface area (Å²) in [6.07, 6.45) is 0. The van der Waals surface area contributed by atoms with E-state index in [9.17, 15) is 0 Å². The molecule has 0 bridgehead atoms. The first-order valence-corrected chi connectivity index (χ1v) is 10.6. The summed E-state index contributed by atoms with van der Waals surface area (Å²) in [7, 11) is 0. The average Bonchev–Trinajstić information content (AvgIpc) is 3.12. The SMILES string of the molecule is Br[C@@H]1c2cc3ccccc3nc2[C@@H]2[C@H]1c1nc3ccccc3cc1[C@H]2Br. The monoisotopic (exact) mass is 464 g/mol. The summed E-state index contributed by atoms with van der Waals surface area (Å²) in [6.45, 7) is 0. The molecular weight excluding hydrogens is 452 g/mol. The summed E-state index contributed by atoms with van der Waals surface area (Å²) < 4.78 is 0. The van der Waals surface area contributed by atoms with Gasteiger partial charge < -0.3 is 0 Å². The van der Waals surface area contributed by atoms with Crippen LogP contribution in [0.25, 0.3) is 21.8 Å². The smallest absolute Gasteiger partial charge is 0.0705 e. The van der Waals surface area contributed by atoms with Crippen LogP contribution < -0.4 is 0 Å². The third kappa shape index (κ3) is 1.92. The van der Waals surface area contributed by atoms with Gasteiger partial charge in [-0.05, 0) is 35.4 Å². The molecule has 6 rings (SSSR count). The standard InChI is InChI=1S/C22H14Br2N2/c23-19-13-9-11-5-1-3-7-15(11)25-21(13)18-17(19)22-14(20(18)24)10-12-6-2-4-8-16(12)26-22/h1-10,17-20H/t17-,18-,19-,20-/m1/s1. The van der Waals surface area contributed by atoms with Crippen molar-refractivity contribution < 1.29 is 0 Å². The first-order valence-electron chi connectivity index (χ1n) is 8.79. The van der Waals surface area contributed by atoms with E-state index in [1.54, 1.807) is 0 Å². The van der Waals surface area contributed by atoms with Gasteiger partial charge in [0.25, 0.3) is 0 Å². The van der Waals surface area contributed by atoms with Crippen LogP contribution in [0.15, 0.2) is 60.7 Å². The van der Waals surface area contributed by atoms with Crippen molar-refractivity contribution in [3.8, 4) is 0 Å². The predicted molar refractivity (Wildman–Crippen MR) is 112 cm³/mol. The first kappa shape index (κ1) is 15.3. The fourth-order valence-electron chi connectivity index (χ4n) is 4.64. The number of pyridine rings is 2. The van der Waals surface area contributed by atoms with Gasteiger partial charge in [0.05, 0.1) is 32.1 Å². The van der Waals surface area contributed by atoms with Gasteiger partial charge in [-0.15, -0.1) is 0 Å². The Hall–Kier alpha value is -1.78. The highest BCUT2D eigenvalue weighted by Gasteiger charge is 2.52. The van der Waals surface area contributed by atoms with E-state index in [1.807, 2.05) is 0 Å². The van der Waals surface area contributed by atoms with Crippen LogP contribution in [0.1, 0.15) is 44.0 Å². The van der Waals surface area contributed by atoms with E-state index < -0.39 is 0 Å². The van der Waals surface area contributed by atoms with Crippen LogP contribution in [0.2, 0.25) is 0 Å². The average molecular weight is 466 g/mol. The molecule has 0 spiro atoms. The number of aromatic nitrogens is 2. The van der Waals surface area contributed by atoms with Crippen LogP contribution in [0.5, 0.6) is 0 Å². The van der Waals surface area contributed by atoms with Gasteiger partial charge in [-0.2, -0.15) is 0 Å². The van der Waals surface area contributed by atoms with E-state index in [0.717, 1.165) is 11.0 Å². The second-order valence-corrected chi connectivity index (χ2v) is 9.14. The Morgan fingerprint density at radius 3 is 1.50 bits per heavy atom. The summed E-state index contributed by atoms with van der Waals surface area (Å²) >= 11 is 7.98. The van der Waals surface area contributed by atoms with Crippen molar-refractivity contribution in [2.45, 2.75) is 21.5 Å². The zero-order valence-corrected chi connectivity index (χ0v) is 16.9. The molecule has 0 N–H and O–H groups in total. The molecule has 0 saturated carbocycles. The van der Waals surface area contributed by atoms with Crippen molar-refractivity contribution in [1.82, 2.24) is 9.97 Å². The van der Waals surface area contributed by atoms with Gasteiger partial charge in [0, 0.05) is 22.6 Å². The Bertz CT molecular complexity index is 1110. The molecule has 0 unspecified atom stereocenters. The summed E-state index contributed by atoms with van der Waals surface area (Å²) in [5, 5.41) is 2.40. The Kier molecular flexibility index (Phi) is 3.16.